The Labute approximate surface area is 159 Å². The topological polar surface area (TPSA) is 99.3 Å². The third-order valence-corrected chi connectivity index (χ3v) is 4.73. The van der Waals surface area contributed by atoms with E-state index in [4.69, 9.17) is 0 Å². The van der Waals surface area contributed by atoms with E-state index in [0.717, 1.165) is 0 Å². The van der Waals surface area contributed by atoms with E-state index in [1.807, 2.05) is 0 Å². The Morgan fingerprint density at radius 1 is 1.04 bits per heavy atom. The van der Waals surface area contributed by atoms with Gasteiger partial charge in [-0.1, -0.05) is 6.07 Å². The number of hydrogen-bond donors (Lipinski definition) is 1. The highest BCUT2D eigenvalue weighted by molar-refractivity contribution is 6.44. The number of aromatic amines is 1. The number of carbonyl (C=O) groups is 3. The van der Waals surface area contributed by atoms with E-state index < -0.39 is 17.5 Å². The summed E-state index contributed by atoms with van der Waals surface area (Å²) >= 11 is 0. The van der Waals surface area contributed by atoms with Crippen molar-refractivity contribution in [2.24, 2.45) is 0 Å². The number of amides is 2. The maximum absolute atomic E-state index is 14.1. The van der Waals surface area contributed by atoms with E-state index in [1.165, 1.54) is 41.8 Å². The van der Waals surface area contributed by atoms with Gasteiger partial charge in [-0.3, -0.25) is 19.4 Å². The fraction of sp³-hybridized carbons (Fsp3) is 0.211. The fourth-order valence-corrected chi connectivity index (χ4v) is 3.26. The van der Waals surface area contributed by atoms with Gasteiger partial charge in [0.15, 0.2) is 0 Å². The molecule has 1 N–H and O–H groups in total. The molecule has 0 saturated carbocycles. The Balaban J connectivity index is 1.45. The molecule has 3 heterocycles. The molecule has 8 nitrogen and oxygen atoms in total. The Hall–Kier alpha value is -3.62. The minimum Gasteiger partial charge on any atom is -0.360 e. The summed E-state index contributed by atoms with van der Waals surface area (Å²) in [4.78, 5) is 51.2. The third kappa shape index (κ3) is 3.11. The number of H-pyrrole nitrogens is 1. The van der Waals surface area contributed by atoms with Crippen LogP contribution >= 0.6 is 0 Å². The Morgan fingerprint density at radius 3 is 2.50 bits per heavy atom. The van der Waals surface area contributed by atoms with Crippen LogP contribution in [-0.4, -0.2) is 68.5 Å². The molecule has 1 fully saturated rings. The summed E-state index contributed by atoms with van der Waals surface area (Å²) in [5, 5.41) is 0.109. The normalized spacial score (nSPS) is 14.3. The highest BCUT2D eigenvalue weighted by Gasteiger charge is 2.30. The SMILES string of the molecule is O=C(C(=O)N1CCN(C(=O)c2cnccn2)CC1)c1c[nH]c2cccc(F)c12. The number of halogens is 1. The van der Waals surface area contributed by atoms with Gasteiger partial charge < -0.3 is 14.8 Å². The number of fused-ring (bicyclic) bond motifs is 1. The number of piperazine rings is 1. The maximum atomic E-state index is 14.1. The summed E-state index contributed by atoms with van der Waals surface area (Å²) in [7, 11) is 0. The van der Waals surface area contributed by atoms with E-state index in [9.17, 15) is 18.8 Å². The van der Waals surface area contributed by atoms with Crippen LogP contribution in [0.5, 0.6) is 0 Å². The third-order valence-electron chi connectivity index (χ3n) is 4.73. The molecule has 0 spiro atoms. The van der Waals surface area contributed by atoms with Gasteiger partial charge in [-0.2, -0.15) is 0 Å². The lowest BCUT2D eigenvalue weighted by atomic mass is 10.1. The van der Waals surface area contributed by atoms with Gasteiger partial charge in [0.1, 0.15) is 11.5 Å². The monoisotopic (exact) mass is 381 g/mol. The average Bonchev–Trinajstić information content (AvgIpc) is 3.18. The Kier molecular flexibility index (Phi) is 4.56. The predicted molar refractivity (Wildman–Crippen MR) is 97.1 cm³/mol. The molecule has 28 heavy (non-hydrogen) atoms. The lowest BCUT2D eigenvalue weighted by Gasteiger charge is -2.34. The Bertz CT molecular complexity index is 1060. The number of rotatable bonds is 3. The first-order chi connectivity index (χ1) is 13.6. The van der Waals surface area contributed by atoms with Gasteiger partial charge in [0, 0.05) is 55.7 Å². The van der Waals surface area contributed by atoms with Crippen molar-refractivity contribution in [3.8, 4) is 0 Å². The molecule has 1 aliphatic rings. The lowest BCUT2D eigenvalue weighted by Crippen LogP contribution is -2.52. The number of Topliss-reactive ketones (excluding diaryl/α,β-unsaturated/α-hetero) is 1. The molecule has 0 unspecified atom stereocenters. The van der Waals surface area contributed by atoms with Crippen LogP contribution in [0.25, 0.3) is 10.9 Å². The first-order valence-electron chi connectivity index (χ1n) is 8.71. The molecule has 9 heteroatoms. The minimum atomic E-state index is -0.773. The summed E-state index contributed by atoms with van der Waals surface area (Å²) in [6.07, 6.45) is 5.65. The lowest BCUT2D eigenvalue weighted by molar-refractivity contribution is -0.127. The van der Waals surface area contributed by atoms with Crippen LogP contribution in [0.3, 0.4) is 0 Å². The van der Waals surface area contributed by atoms with Crippen molar-refractivity contribution in [2.45, 2.75) is 0 Å². The summed E-state index contributed by atoms with van der Waals surface area (Å²) in [5.41, 5.74) is 0.694. The van der Waals surface area contributed by atoms with Crippen LogP contribution in [0.15, 0.2) is 43.0 Å². The largest absolute Gasteiger partial charge is 0.360 e. The van der Waals surface area contributed by atoms with Crippen molar-refractivity contribution in [1.82, 2.24) is 24.8 Å². The second-order valence-electron chi connectivity index (χ2n) is 6.37. The van der Waals surface area contributed by atoms with Crippen LogP contribution in [0, 0.1) is 5.82 Å². The molecule has 2 amide bonds. The molecule has 1 saturated heterocycles. The fourth-order valence-electron chi connectivity index (χ4n) is 3.26. The van der Waals surface area contributed by atoms with E-state index in [1.54, 1.807) is 11.0 Å². The first kappa shape index (κ1) is 17.8. The van der Waals surface area contributed by atoms with Crippen LogP contribution < -0.4 is 0 Å². The van der Waals surface area contributed by atoms with Gasteiger partial charge in [0.25, 0.3) is 17.6 Å². The van der Waals surface area contributed by atoms with Crippen molar-refractivity contribution in [1.29, 1.82) is 0 Å². The van der Waals surface area contributed by atoms with Crippen LogP contribution in [0.4, 0.5) is 4.39 Å². The number of carbonyl (C=O) groups excluding carboxylic acids is 3. The van der Waals surface area contributed by atoms with Crippen LogP contribution in [0.2, 0.25) is 0 Å². The van der Waals surface area contributed by atoms with E-state index in [-0.39, 0.29) is 48.7 Å². The Morgan fingerprint density at radius 2 is 1.79 bits per heavy atom. The van der Waals surface area contributed by atoms with Gasteiger partial charge in [-0.15, -0.1) is 0 Å². The summed E-state index contributed by atoms with van der Waals surface area (Å²) in [6, 6.07) is 4.41. The second-order valence-corrected chi connectivity index (χ2v) is 6.37. The standard InChI is InChI=1S/C19H16FN5O3/c20-13-2-1-3-14-16(13)12(10-23-14)17(26)19(28)25-8-6-24(7-9-25)18(27)15-11-21-4-5-22-15/h1-5,10-11,23H,6-9H2. The molecule has 0 bridgehead atoms. The number of nitrogens with zero attached hydrogens (tertiary/aromatic N) is 4. The van der Waals surface area contributed by atoms with Crippen LogP contribution in [-0.2, 0) is 4.79 Å². The molecule has 142 valence electrons. The number of ketones is 1. The first-order valence-corrected chi connectivity index (χ1v) is 8.71. The molecule has 0 radical (unpaired) electrons. The van der Waals surface area contributed by atoms with Gasteiger partial charge >= 0.3 is 0 Å². The summed E-state index contributed by atoms with van der Waals surface area (Å²) < 4.78 is 14.1. The van der Waals surface area contributed by atoms with E-state index >= 15 is 0 Å². The number of benzene rings is 1. The quantitative estimate of drug-likeness (QED) is 0.544. The summed E-state index contributed by atoms with van der Waals surface area (Å²) in [5.74, 6) is -2.32. The number of aromatic nitrogens is 3. The maximum Gasteiger partial charge on any atom is 0.295 e. The zero-order chi connectivity index (χ0) is 19.7. The molecule has 0 atom stereocenters. The molecule has 1 aromatic carbocycles. The van der Waals surface area contributed by atoms with Crippen LogP contribution in [0.1, 0.15) is 20.8 Å². The molecule has 1 aliphatic heterocycles. The smallest absolute Gasteiger partial charge is 0.295 e. The van der Waals surface area contributed by atoms with E-state index in [2.05, 4.69) is 15.0 Å². The molecular formula is C19H16FN5O3. The second kappa shape index (κ2) is 7.18. The van der Waals surface area contributed by atoms with Crippen molar-refractivity contribution in [3.63, 3.8) is 0 Å². The molecule has 4 rings (SSSR count). The zero-order valence-corrected chi connectivity index (χ0v) is 14.8. The minimum absolute atomic E-state index is 0.0103. The molecule has 3 aromatic rings. The molecule has 0 aliphatic carbocycles. The number of hydrogen-bond acceptors (Lipinski definition) is 5. The van der Waals surface area contributed by atoms with Crippen molar-refractivity contribution in [3.05, 3.63) is 60.1 Å². The predicted octanol–water partition coefficient (Wildman–Crippen LogP) is 1.26. The van der Waals surface area contributed by atoms with Crippen molar-refractivity contribution in [2.75, 3.05) is 26.2 Å². The van der Waals surface area contributed by atoms with Gasteiger partial charge in [0.05, 0.1) is 11.8 Å². The van der Waals surface area contributed by atoms with E-state index in [0.29, 0.717) is 5.52 Å². The highest BCUT2D eigenvalue weighted by Crippen LogP contribution is 2.22. The van der Waals surface area contributed by atoms with Gasteiger partial charge in [-0.25, -0.2) is 9.37 Å². The van der Waals surface area contributed by atoms with Crippen molar-refractivity contribution < 1.29 is 18.8 Å². The molecular weight excluding hydrogens is 365 g/mol. The highest BCUT2D eigenvalue weighted by atomic mass is 19.1. The average molecular weight is 381 g/mol. The van der Waals surface area contributed by atoms with Crippen molar-refractivity contribution >= 4 is 28.5 Å². The summed E-state index contributed by atoms with van der Waals surface area (Å²) in [6.45, 7) is 0.968. The number of nitrogens with one attached hydrogen (secondary N) is 1. The van der Waals surface area contributed by atoms with Gasteiger partial charge in [0.2, 0.25) is 0 Å². The zero-order valence-electron chi connectivity index (χ0n) is 14.8. The molecule has 2 aromatic heterocycles. The van der Waals surface area contributed by atoms with Gasteiger partial charge in [-0.05, 0) is 12.1 Å².